The summed E-state index contributed by atoms with van der Waals surface area (Å²) in [4.78, 5) is 29.4. The van der Waals surface area contributed by atoms with Crippen LogP contribution in [0.3, 0.4) is 0 Å². The number of amides is 1. The second kappa shape index (κ2) is 7.69. The molecule has 4 rings (SSSR count). The number of esters is 1. The van der Waals surface area contributed by atoms with Crippen LogP contribution in [0, 0.1) is 6.92 Å². The molecule has 142 valence electrons. The van der Waals surface area contributed by atoms with Crippen LogP contribution in [-0.4, -0.2) is 30.3 Å². The van der Waals surface area contributed by atoms with Crippen LogP contribution < -0.4 is 14.8 Å². The van der Waals surface area contributed by atoms with E-state index in [4.69, 9.17) is 14.2 Å². The molecule has 2 heterocycles. The van der Waals surface area contributed by atoms with Crippen molar-refractivity contribution in [1.29, 1.82) is 0 Å². The standard InChI is InChI=1S/C20H16N2O5S/c1-12-21-18(13-5-3-2-4-6-13)19(28-12)20(24)25-10-17(23)22-14-7-8-15-16(9-14)27-11-26-15/h2-9H,10-11H2,1H3,(H,22,23). The lowest BCUT2D eigenvalue weighted by Gasteiger charge is -2.07. The fraction of sp³-hybridized carbons (Fsp3) is 0.150. The van der Waals surface area contributed by atoms with Crippen LogP contribution in [0.25, 0.3) is 11.3 Å². The van der Waals surface area contributed by atoms with Gasteiger partial charge >= 0.3 is 5.97 Å². The van der Waals surface area contributed by atoms with Gasteiger partial charge in [0, 0.05) is 17.3 Å². The van der Waals surface area contributed by atoms with Crippen LogP contribution in [-0.2, 0) is 9.53 Å². The zero-order valence-electron chi connectivity index (χ0n) is 14.9. The van der Waals surface area contributed by atoms with Crippen molar-refractivity contribution >= 4 is 28.9 Å². The molecule has 0 fully saturated rings. The van der Waals surface area contributed by atoms with E-state index in [0.717, 1.165) is 10.6 Å². The van der Waals surface area contributed by atoms with E-state index < -0.39 is 18.5 Å². The van der Waals surface area contributed by atoms with Crippen molar-refractivity contribution in [2.24, 2.45) is 0 Å². The first-order valence-corrected chi connectivity index (χ1v) is 9.31. The molecule has 2 aromatic carbocycles. The molecule has 1 amide bonds. The summed E-state index contributed by atoms with van der Waals surface area (Å²) in [5.41, 5.74) is 1.91. The molecule has 0 atom stereocenters. The number of carbonyl (C=O) groups is 2. The second-order valence-corrected chi connectivity index (χ2v) is 7.17. The average molecular weight is 396 g/mol. The Morgan fingerprint density at radius 1 is 1.14 bits per heavy atom. The van der Waals surface area contributed by atoms with Crippen molar-refractivity contribution in [3.63, 3.8) is 0 Å². The Labute approximate surface area is 164 Å². The van der Waals surface area contributed by atoms with Gasteiger partial charge in [-0.25, -0.2) is 9.78 Å². The molecule has 0 spiro atoms. The van der Waals surface area contributed by atoms with E-state index in [1.54, 1.807) is 18.2 Å². The van der Waals surface area contributed by atoms with E-state index in [9.17, 15) is 9.59 Å². The largest absolute Gasteiger partial charge is 0.454 e. The predicted octanol–water partition coefficient (Wildman–Crippen LogP) is 3.64. The van der Waals surface area contributed by atoms with Crippen molar-refractivity contribution in [3.8, 4) is 22.8 Å². The van der Waals surface area contributed by atoms with Gasteiger partial charge in [-0.15, -0.1) is 11.3 Å². The van der Waals surface area contributed by atoms with Gasteiger partial charge in [0.2, 0.25) is 6.79 Å². The van der Waals surface area contributed by atoms with Crippen LogP contribution >= 0.6 is 11.3 Å². The highest BCUT2D eigenvalue weighted by molar-refractivity contribution is 7.14. The molecule has 0 saturated heterocycles. The van der Waals surface area contributed by atoms with Gasteiger partial charge in [0.1, 0.15) is 4.88 Å². The molecule has 1 aliphatic heterocycles. The Balaban J connectivity index is 1.40. The lowest BCUT2D eigenvalue weighted by Crippen LogP contribution is -2.20. The quantitative estimate of drug-likeness (QED) is 0.663. The summed E-state index contributed by atoms with van der Waals surface area (Å²) >= 11 is 1.24. The first-order chi connectivity index (χ1) is 13.6. The SMILES string of the molecule is Cc1nc(-c2ccccc2)c(C(=O)OCC(=O)Nc2ccc3c(c2)OCO3)s1. The lowest BCUT2D eigenvalue weighted by atomic mass is 10.1. The number of fused-ring (bicyclic) bond motifs is 1. The molecule has 7 nitrogen and oxygen atoms in total. The number of hydrogen-bond donors (Lipinski definition) is 1. The molecule has 0 bridgehead atoms. The topological polar surface area (TPSA) is 86.8 Å². The number of nitrogens with one attached hydrogen (secondary N) is 1. The molecule has 3 aromatic rings. The van der Waals surface area contributed by atoms with E-state index in [0.29, 0.717) is 27.8 Å². The number of nitrogens with zero attached hydrogens (tertiary/aromatic N) is 1. The van der Waals surface area contributed by atoms with Crippen LogP contribution in [0.5, 0.6) is 11.5 Å². The number of aryl methyl sites for hydroxylation is 1. The van der Waals surface area contributed by atoms with Crippen molar-refractivity contribution in [2.75, 3.05) is 18.7 Å². The van der Waals surface area contributed by atoms with Gasteiger partial charge in [0.15, 0.2) is 18.1 Å². The number of carbonyl (C=O) groups excluding carboxylic acids is 2. The van der Waals surface area contributed by atoms with E-state index in [1.807, 2.05) is 37.3 Å². The highest BCUT2D eigenvalue weighted by Crippen LogP contribution is 2.34. The summed E-state index contributed by atoms with van der Waals surface area (Å²) in [5.74, 6) is 0.154. The number of ether oxygens (including phenoxy) is 3. The number of benzene rings is 2. The number of aromatic nitrogens is 1. The summed E-state index contributed by atoms with van der Waals surface area (Å²) < 4.78 is 15.7. The highest BCUT2D eigenvalue weighted by atomic mass is 32.1. The van der Waals surface area contributed by atoms with Gasteiger partial charge in [-0.2, -0.15) is 0 Å². The molecule has 0 radical (unpaired) electrons. The molecule has 1 aliphatic rings. The molecular formula is C20H16N2O5S. The first-order valence-electron chi connectivity index (χ1n) is 8.49. The van der Waals surface area contributed by atoms with Crippen LogP contribution in [0.2, 0.25) is 0 Å². The van der Waals surface area contributed by atoms with Crippen molar-refractivity contribution in [1.82, 2.24) is 4.98 Å². The molecule has 0 saturated carbocycles. The second-order valence-electron chi connectivity index (χ2n) is 5.97. The van der Waals surface area contributed by atoms with Crippen LogP contribution in [0.15, 0.2) is 48.5 Å². The van der Waals surface area contributed by atoms with Crippen molar-refractivity contribution in [2.45, 2.75) is 6.92 Å². The monoisotopic (exact) mass is 396 g/mol. The summed E-state index contributed by atoms with van der Waals surface area (Å²) in [6.45, 7) is 1.57. The Bertz CT molecular complexity index is 1030. The van der Waals surface area contributed by atoms with Gasteiger partial charge < -0.3 is 19.5 Å². The number of anilines is 1. The third-order valence-corrected chi connectivity index (χ3v) is 4.91. The molecule has 0 unspecified atom stereocenters. The van der Waals surface area contributed by atoms with E-state index in [1.165, 1.54) is 11.3 Å². The number of thiazole rings is 1. The molecular weight excluding hydrogens is 380 g/mol. The van der Waals surface area contributed by atoms with Crippen LogP contribution in [0.1, 0.15) is 14.7 Å². The smallest absolute Gasteiger partial charge is 0.351 e. The number of rotatable bonds is 5. The average Bonchev–Trinajstić information content (AvgIpc) is 3.33. The minimum Gasteiger partial charge on any atom is -0.454 e. The van der Waals surface area contributed by atoms with E-state index >= 15 is 0 Å². The molecule has 0 aliphatic carbocycles. The van der Waals surface area contributed by atoms with Crippen molar-refractivity contribution in [3.05, 3.63) is 58.4 Å². The molecule has 1 N–H and O–H groups in total. The van der Waals surface area contributed by atoms with Crippen molar-refractivity contribution < 1.29 is 23.8 Å². The van der Waals surface area contributed by atoms with Gasteiger partial charge in [0.05, 0.1) is 10.7 Å². The highest BCUT2D eigenvalue weighted by Gasteiger charge is 2.21. The molecule has 28 heavy (non-hydrogen) atoms. The Hall–Kier alpha value is -3.39. The summed E-state index contributed by atoms with van der Waals surface area (Å²) in [7, 11) is 0. The van der Waals surface area contributed by atoms with Gasteiger partial charge in [0.25, 0.3) is 5.91 Å². The Morgan fingerprint density at radius 2 is 1.93 bits per heavy atom. The zero-order valence-corrected chi connectivity index (χ0v) is 15.7. The molecule has 8 heteroatoms. The van der Waals surface area contributed by atoms with Gasteiger partial charge in [-0.05, 0) is 19.1 Å². The predicted molar refractivity (Wildman–Crippen MR) is 104 cm³/mol. The summed E-state index contributed by atoms with van der Waals surface area (Å²) in [6, 6.07) is 14.4. The third-order valence-electron chi connectivity index (χ3n) is 3.96. The van der Waals surface area contributed by atoms with E-state index in [-0.39, 0.29) is 6.79 Å². The maximum absolute atomic E-state index is 12.5. The minimum absolute atomic E-state index is 0.155. The lowest BCUT2D eigenvalue weighted by molar-refractivity contribution is -0.119. The Morgan fingerprint density at radius 3 is 2.75 bits per heavy atom. The maximum atomic E-state index is 12.5. The summed E-state index contributed by atoms with van der Waals surface area (Å²) in [5, 5.41) is 3.41. The third kappa shape index (κ3) is 3.81. The molecule has 1 aromatic heterocycles. The van der Waals surface area contributed by atoms with Gasteiger partial charge in [-0.1, -0.05) is 30.3 Å². The number of hydrogen-bond acceptors (Lipinski definition) is 7. The van der Waals surface area contributed by atoms with Crippen LogP contribution in [0.4, 0.5) is 5.69 Å². The first kappa shape index (κ1) is 18.0. The summed E-state index contributed by atoms with van der Waals surface area (Å²) in [6.07, 6.45) is 0. The normalized spacial score (nSPS) is 11.9. The fourth-order valence-electron chi connectivity index (χ4n) is 2.73. The van der Waals surface area contributed by atoms with Gasteiger partial charge in [-0.3, -0.25) is 4.79 Å². The zero-order chi connectivity index (χ0) is 19.5. The van der Waals surface area contributed by atoms with E-state index in [2.05, 4.69) is 10.3 Å². The fourth-order valence-corrected chi connectivity index (χ4v) is 3.56. The minimum atomic E-state index is -0.578. The Kier molecular flexibility index (Phi) is 4.94. The maximum Gasteiger partial charge on any atom is 0.351 e.